The van der Waals surface area contributed by atoms with Crippen molar-refractivity contribution in [3.8, 4) is 5.75 Å². The Morgan fingerprint density at radius 3 is 2.82 bits per heavy atom. The van der Waals surface area contributed by atoms with E-state index in [0.29, 0.717) is 5.92 Å². The van der Waals surface area contributed by atoms with Crippen LogP contribution in [-0.2, 0) is 6.42 Å². The maximum Gasteiger partial charge on any atom is 0.119 e. The highest BCUT2D eigenvalue weighted by Gasteiger charge is 2.11. The quantitative estimate of drug-likeness (QED) is 0.879. The summed E-state index contributed by atoms with van der Waals surface area (Å²) in [6, 6.07) is 6.19. The number of nitrogens with one attached hydrogen (secondary N) is 1. The van der Waals surface area contributed by atoms with Crippen molar-refractivity contribution in [1.82, 2.24) is 15.4 Å². The van der Waals surface area contributed by atoms with E-state index >= 15 is 0 Å². The molecule has 0 aliphatic heterocycles. The molecule has 0 fully saturated rings. The standard InChI is InChI=1S/C13H17N3O/c1-9(6-11-8-14-16-15-11)13-5-4-12(17-3)7-10(13)2/h4-5,7-9H,6H2,1-3H3,(H,14,15,16). The van der Waals surface area contributed by atoms with Crippen LogP contribution in [-0.4, -0.2) is 22.5 Å². The molecule has 1 unspecified atom stereocenters. The van der Waals surface area contributed by atoms with Gasteiger partial charge >= 0.3 is 0 Å². The van der Waals surface area contributed by atoms with E-state index in [9.17, 15) is 0 Å². The maximum absolute atomic E-state index is 5.21. The third-order valence-electron chi connectivity index (χ3n) is 2.99. The van der Waals surface area contributed by atoms with Crippen molar-refractivity contribution in [2.45, 2.75) is 26.2 Å². The predicted octanol–water partition coefficient (Wildman–Crippen LogP) is 2.47. The number of hydrogen-bond acceptors (Lipinski definition) is 3. The molecule has 90 valence electrons. The predicted molar refractivity (Wildman–Crippen MR) is 66.2 cm³/mol. The smallest absolute Gasteiger partial charge is 0.119 e. The zero-order valence-corrected chi connectivity index (χ0v) is 10.4. The Balaban J connectivity index is 2.16. The van der Waals surface area contributed by atoms with Gasteiger partial charge in [0.1, 0.15) is 5.75 Å². The van der Waals surface area contributed by atoms with Crippen LogP contribution in [0.25, 0.3) is 0 Å². The van der Waals surface area contributed by atoms with Gasteiger partial charge in [0.15, 0.2) is 0 Å². The summed E-state index contributed by atoms with van der Waals surface area (Å²) in [6.07, 6.45) is 2.67. The monoisotopic (exact) mass is 231 g/mol. The second kappa shape index (κ2) is 4.99. The first-order valence-electron chi connectivity index (χ1n) is 5.70. The van der Waals surface area contributed by atoms with Crippen molar-refractivity contribution in [1.29, 1.82) is 0 Å². The lowest BCUT2D eigenvalue weighted by Crippen LogP contribution is -2.01. The lowest BCUT2D eigenvalue weighted by Gasteiger charge is -2.14. The van der Waals surface area contributed by atoms with Gasteiger partial charge < -0.3 is 4.74 Å². The lowest BCUT2D eigenvalue weighted by atomic mass is 9.92. The molecule has 0 spiro atoms. The maximum atomic E-state index is 5.21. The van der Waals surface area contributed by atoms with E-state index in [2.05, 4.69) is 41.4 Å². The Morgan fingerprint density at radius 2 is 2.24 bits per heavy atom. The summed E-state index contributed by atoms with van der Waals surface area (Å²) in [5.41, 5.74) is 3.57. The van der Waals surface area contributed by atoms with E-state index in [1.54, 1.807) is 13.3 Å². The molecule has 1 aromatic carbocycles. The van der Waals surface area contributed by atoms with Crippen molar-refractivity contribution in [2.75, 3.05) is 7.11 Å². The summed E-state index contributed by atoms with van der Waals surface area (Å²) in [5.74, 6) is 1.32. The molecule has 0 saturated carbocycles. The number of H-pyrrole nitrogens is 1. The fourth-order valence-corrected chi connectivity index (χ4v) is 2.08. The van der Waals surface area contributed by atoms with Gasteiger partial charge in [0.25, 0.3) is 0 Å². The molecule has 4 nitrogen and oxygen atoms in total. The summed E-state index contributed by atoms with van der Waals surface area (Å²) in [7, 11) is 1.69. The van der Waals surface area contributed by atoms with E-state index in [0.717, 1.165) is 17.9 Å². The summed E-state index contributed by atoms with van der Waals surface area (Å²) < 4.78 is 5.21. The van der Waals surface area contributed by atoms with E-state index < -0.39 is 0 Å². The number of methoxy groups -OCH3 is 1. The first-order valence-corrected chi connectivity index (χ1v) is 5.70. The molecule has 0 amide bonds. The number of rotatable bonds is 4. The van der Waals surface area contributed by atoms with Crippen LogP contribution >= 0.6 is 0 Å². The van der Waals surface area contributed by atoms with E-state index in [-0.39, 0.29) is 0 Å². The molecule has 2 aromatic rings. The van der Waals surface area contributed by atoms with Gasteiger partial charge in [0.05, 0.1) is 19.0 Å². The van der Waals surface area contributed by atoms with E-state index in [1.807, 2.05) is 6.07 Å². The van der Waals surface area contributed by atoms with Gasteiger partial charge in [-0.05, 0) is 42.5 Å². The number of aryl methyl sites for hydroxylation is 1. The van der Waals surface area contributed by atoms with Crippen LogP contribution in [0, 0.1) is 6.92 Å². The molecule has 0 aliphatic carbocycles. The van der Waals surface area contributed by atoms with Crippen molar-refractivity contribution in [3.63, 3.8) is 0 Å². The van der Waals surface area contributed by atoms with Gasteiger partial charge in [-0.15, -0.1) is 0 Å². The van der Waals surface area contributed by atoms with Crippen LogP contribution in [0.5, 0.6) is 5.75 Å². The molecule has 1 aromatic heterocycles. The largest absolute Gasteiger partial charge is 0.497 e. The number of hydrogen-bond donors (Lipinski definition) is 1. The van der Waals surface area contributed by atoms with Crippen molar-refractivity contribution < 1.29 is 4.74 Å². The van der Waals surface area contributed by atoms with Crippen LogP contribution < -0.4 is 4.74 Å². The van der Waals surface area contributed by atoms with Gasteiger partial charge in [-0.1, -0.05) is 13.0 Å². The molecule has 0 radical (unpaired) electrons. The lowest BCUT2D eigenvalue weighted by molar-refractivity contribution is 0.414. The topological polar surface area (TPSA) is 50.8 Å². The van der Waals surface area contributed by atoms with Crippen LogP contribution in [0.2, 0.25) is 0 Å². The molecule has 2 rings (SSSR count). The van der Waals surface area contributed by atoms with Gasteiger partial charge in [0, 0.05) is 0 Å². The van der Waals surface area contributed by atoms with Gasteiger partial charge in [-0.2, -0.15) is 15.4 Å². The molecular weight excluding hydrogens is 214 g/mol. The molecule has 17 heavy (non-hydrogen) atoms. The molecule has 1 N–H and O–H groups in total. The average molecular weight is 231 g/mol. The molecule has 0 bridgehead atoms. The third-order valence-corrected chi connectivity index (χ3v) is 2.99. The molecule has 4 heteroatoms. The SMILES string of the molecule is COc1ccc(C(C)Cc2cn[nH]n2)c(C)c1. The second-order valence-electron chi connectivity index (χ2n) is 4.29. The first kappa shape index (κ1) is 11.6. The van der Waals surface area contributed by atoms with E-state index in [4.69, 9.17) is 4.74 Å². The Kier molecular flexibility index (Phi) is 3.42. The highest BCUT2D eigenvalue weighted by atomic mass is 16.5. The fourth-order valence-electron chi connectivity index (χ4n) is 2.08. The number of aromatic amines is 1. The van der Waals surface area contributed by atoms with Crippen LogP contribution in [0.15, 0.2) is 24.4 Å². The van der Waals surface area contributed by atoms with Crippen LogP contribution in [0.1, 0.15) is 29.7 Å². The minimum absolute atomic E-state index is 0.422. The zero-order valence-electron chi connectivity index (χ0n) is 10.4. The summed E-state index contributed by atoms with van der Waals surface area (Å²) >= 11 is 0. The highest BCUT2D eigenvalue weighted by molar-refractivity contribution is 5.37. The van der Waals surface area contributed by atoms with Gasteiger partial charge in [-0.3, -0.25) is 0 Å². The third kappa shape index (κ3) is 2.64. The first-order chi connectivity index (χ1) is 8.20. The number of ether oxygens (including phenoxy) is 1. The van der Waals surface area contributed by atoms with Crippen molar-refractivity contribution in [3.05, 3.63) is 41.2 Å². The zero-order chi connectivity index (χ0) is 12.3. The second-order valence-corrected chi connectivity index (χ2v) is 4.29. The summed E-state index contributed by atoms with van der Waals surface area (Å²) in [5, 5.41) is 10.5. The molecule has 0 aliphatic rings. The van der Waals surface area contributed by atoms with Gasteiger partial charge in [0.2, 0.25) is 0 Å². The Morgan fingerprint density at radius 1 is 1.41 bits per heavy atom. The van der Waals surface area contributed by atoms with Crippen molar-refractivity contribution >= 4 is 0 Å². The van der Waals surface area contributed by atoms with E-state index in [1.165, 1.54) is 11.1 Å². The fraction of sp³-hybridized carbons (Fsp3) is 0.385. The van der Waals surface area contributed by atoms with Gasteiger partial charge in [-0.25, -0.2) is 0 Å². The Hall–Kier alpha value is -1.84. The van der Waals surface area contributed by atoms with Crippen LogP contribution in [0.4, 0.5) is 0 Å². The number of aromatic nitrogens is 3. The Bertz CT molecular complexity index is 479. The average Bonchev–Trinajstić information content (AvgIpc) is 2.81. The van der Waals surface area contributed by atoms with Crippen LogP contribution in [0.3, 0.4) is 0 Å². The summed E-state index contributed by atoms with van der Waals surface area (Å²) in [6.45, 7) is 4.31. The highest BCUT2D eigenvalue weighted by Crippen LogP contribution is 2.25. The number of nitrogens with zero attached hydrogens (tertiary/aromatic N) is 2. The minimum Gasteiger partial charge on any atom is -0.497 e. The molecule has 1 atom stereocenters. The number of benzene rings is 1. The minimum atomic E-state index is 0.422. The summed E-state index contributed by atoms with van der Waals surface area (Å²) in [4.78, 5) is 0. The molecule has 0 saturated heterocycles. The Labute approximate surface area is 101 Å². The molecule has 1 heterocycles. The normalized spacial score (nSPS) is 12.4. The van der Waals surface area contributed by atoms with Crippen molar-refractivity contribution in [2.24, 2.45) is 0 Å². The molecular formula is C13H17N3O.